The summed E-state index contributed by atoms with van der Waals surface area (Å²) in [6, 6.07) is 6.83. The summed E-state index contributed by atoms with van der Waals surface area (Å²) in [5.74, 6) is -2.18. The molecule has 1 saturated heterocycles. The Kier molecular flexibility index (Phi) is 17.7. The lowest BCUT2D eigenvalue weighted by Crippen LogP contribution is -2.70. The van der Waals surface area contributed by atoms with Crippen LogP contribution in [-0.4, -0.2) is 80.7 Å². The van der Waals surface area contributed by atoms with Crippen molar-refractivity contribution >= 4 is 5.78 Å². The number of Topliss-reactive ketones (excluding diaryl/α,β-unsaturated/α-hetero) is 1. The number of rotatable bonds is 23. The molecule has 0 aromatic heterocycles. The van der Waals surface area contributed by atoms with Crippen LogP contribution in [-0.2, 0) is 23.7 Å². The normalized spacial score (nSPS) is 24.4. The molecule has 1 aromatic carbocycles. The van der Waals surface area contributed by atoms with Crippen molar-refractivity contribution in [3.63, 3.8) is 0 Å². The van der Waals surface area contributed by atoms with E-state index in [1.807, 2.05) is 0 Å². The zero-order valence-electron chi connectivity index (χ0n) is 26.2. The molecule has 1 N–H and O–H groups in total. The highest BCUT2D eigenvalue weighted by atomic mass is 16.7. The van der Waals surface area contributed by atoms with Gasteiger partial charge in [-0.05, 0) is 56.4 Å². The van der Waals surface area contributed by atoms with E-state index in [-0.39, 0.29) is 6.61 Å². The first-order valence-electron chi connectivity index (χ1n) is 16.1. The molecule has 0 amide bonds. The zero-order valence-corrected chi connectivity index (χ0v) is 26.2. The first-order chi connectivity index (χ1) is 20.0. The number of aliphatic hydroxyl groups is 1. The Labute approximate surface area is 248 Å². The van der Waals surface area contributed by atoms with Crippen molar-refractivity contribution < 1.29 is 38.3 Å². The first-order valence-corrected chi connectivity index (χ1v) is 16.1. The van der Waals surface area contributed by atoms with Gasteiger partial charge < -0.3 is 33.5 Å². The lowest BCUT2D eigenvalue weighted by Gasteiger charge is -2.49. The summed E-state index contributed by atoms with van der Waals surface area (Å²) in [6.45, 7) is 13.1. The maximum atomic E-state index is 14.1. The molecule has 5 atom stereocenters. The highest BCUT2D eigenvalue weighted by Crippen LogP contribution is 2.37. The van der Waals surface area contributed by atoms with Gasteiger partial charge in [0.25, 0.3) is 5.79 Å². The maximum absolute atomic E-state index is 14.1. The molecule has 0 bridgehead atoms. The Bertz CT molecular complexity index is 816. The van der Waals surface area contributed by atoms with Gasteiger partial charge in [-0.2, -0.15) is 0 Å². The van der Waals surface area contributed by atoms with Crippen LogP contribution in [0.1, 0.15) is 109 Å². The smallest absolute Gasteiger partial charge is 0.261 e. The third-order valence-electron chi connectivity index (χ3n) is 7.25. The number of ketones is 1. The molecule has 0 spiro atoms. The van der Waals surface area contributed by atoms with E-state index in [1.54, 1.807) is 24.3 Å². The third kappa shape index (κ3) is 11.2. The lowest BCUT2D eigenvalue weighted by atomic mass is 9.87. The predicted molar refractivity (Wildman–Crippen MR) is 161 cm³/mol. The molecule has 1 heterocycles. The van der Waals surface area contributed by atoms with E-state index in [1.165, 1.54) is 0 Å². The summed E-state index contributed by atoms with van der Waals surface area (Å²) < 4.78 is 37.1. The standard InChI is InChI=1S/C33H56O8/c1-6-11-20-36-25-28-29(38-22-13-8-3)30(39-23-14-9-4)32(40-24-15-10-5)33(35,41-28)31(34)26-16-18-27(19-17-26)37-21-12-7-2/h16-19,28-30,32,35H,6-15,20-25H2,1-5H3/t28-,29-,30+,32-,33+/m1/s1. The lowest BCUT2D eigenvalue weighted by molar-refractivity contribution is -0.343. The molecule has 0 radical (unpaired) electrons. The SMILES string of the molecule is CCCCOC[C@H]1O[C@@](O)(C(=O)c2ccc(OCCCC)cc2)[C@H](OCCCC)[C@@H](OCCCC)[C@@H]1OCCCC. The Morgan fingerprint density at radius 3 is 1.83 bits per heavy atom. The Balaban J connectivity index is 2.44. The van der Waals surface area contributed by atoms with Gasteiger partial charge in [-0.3, -0.25) is 4.79 Å². The van der Waals surface area contributed by atoms with Gasteiger partial charge >= 0.3 is 0 Å². The highest BCUT2D eigenvalue weighted by molar-refractivity contribution is 6.02. The van der Waals surface area contributed by atoms with E-state index in [9.17, 15) is 9.90 Å². The number of ether oxygens (including phenoxy) is 6. The van der Waals surface area contributed by atoms with E-state index >= 15 is 0 Å². The zero-order chi connectivity index (χ0) is 29.9. The molecule has 8 nitrogen and oxygen atoms in total. The van der Waals surface area contributed by atoms with Gasteiger partial charge in [0.2, 0.25) is 5.78 Å². The highest BCUT2D eigenvalue weighted by Gasteiger charge is 2.60. The van der Waals surface area contributed by atoms with E-state index < -0.39 is 36.0 Å². The average Bonchev–Trinajstić information content (AvgIpc) is 2.98. The van der Waals surface area contributed by atoms with Gasteiger partial charge in [0.1, 0.15) is 30.2 Å². The summed E-state index contributed by atoms with van der Waals surface area (Å²) in [5.41, 5.74) is 0.308. The van der Waals surface area contributed by atoms with Crippen molar-refractivity contribution in [1.29, 1.82) is 0 Å². The van der Waals surface area contributed by atoms with Crippen molar-refractivity contribution in [2.45, 2.75) is 129 Å². The molecule has 1 aliphatic rings. The monoisotopic (exact) mass is 580 g/mol. The number of unbranched alkanes of at least 4 members (excludes halogenated alkanes) is 5. The van der Waals surface area contributed by atoms with E-state index in [4.69, 9.17) is 28.4 Å². The number of carbonyl (C=O) groups is 1. The molecule has 236 valence electrons. The maximum Gasteiger partial charge on any atom is 0.261 e. The van der Waals surface area contributed by atoms with E-state index in [2.05, 4.69) is 34.6 Å². The molecule has 0 unspecified atom stereocenters. The van der Waals surface area contributed by atoms with Crippen LogP contribution in [0.3, 0.4) is 0 Å². The Hall–Kier alpha value is -1.55. The molecule has 1 fully saturated rings. The van der Waals surface area contributed by atoms with Crippen molar-refractivity contribution in [3.8, 4) is 5.75 Å². The fourth-order valence-corrected chi connectivity index (χ4v) is 4.65. The Morgan fingerprint density at radius 2 is 1.24 bits per heavy atom. The van der Waals surface area contributed by atoms with E-state index in [0.717, 1.165) is 64.2 Å². The number of benzene rings is 1. The molecule has 2 rings (SSSR count). The van der Waals surface area contributed by atoms with Crippen LogP contribution >= 0.6 is 0 Å². The molecular formula is C33H56O8. The number of hydrogen-bond donors (Lipinski definition) is 1. The Morgan fingerprint density at radius 1 is 0.732 bits per heavy atom. The fraction of sp³-hybridized carbons (Fsp3) is 0.788. The summed E-state index contributed by atoms with van der Waals surface area (Å²) in [6.07, 6.45) is 6.15. The second-order valence-electron chi connectivity index (χ2n) is 10.9. The summed E-state index contributed by atoms with van der Waals surface area (Å²) in [4.78, 5) is 14.1. The van der Waals surface area contributed by atoms with Gasteiger partial charge in [-0.25, -0.2) is 0 Å². The molecule has 1 aromatic rings. The minimum atomic E-state index is -2.28. The van der Waals surface area contributed by atoms with Crippen molar-refractivity contribution in [2.24, 2.45) is 0 Å². The van der Waals surface area contributed by atoms with Crippen LogP contribution in [0.4, 0.5) is 0 Å². The fourth-order valence-electron chi connectivity index (χ4n) is 4.65. The topological polar surface area (TPSA) is 92.7 Å². The van der Waals surface area contributed by atoms with Crippen molar-refractivity contribution in [1.82, 2.24) is 0 Å². The average molecular weight is 581 g/mol. The van der Waals surface area contributed by atoms with Gasteiger partial charge in [-0.1, -0.05) is 66.7 Å². The molecule has 8 heteroatoms. The third-order valence-corrected chi connectivity index (χ3v) is 7.25. The quantitative estimate of drug-likeness (QED) is 0.116. The van der Waals surface area contributed by atoms with Crippen molar-refractivity contribution in [3.05, 3.63) is 29.8 Å². The summed E-state index contributed by atoms with van der Waals surface area (Å²) in [7, 11) is 0. The van der Waals surface area contributed by atoms with Gasteiger partial charge in [0.15, 0.2) is 0 Å². The van der Waals surface area contributed by atoms with Crippen LogP contribution in [0.2, 0.25) is 0 Å². The second-order valence-corrected chi connectivity index (χ2v) is 10.9. The van der Waals surface area contributed by atoms with Crippen LogP contribution < -0.4 is 4.74 Å². The largest absolute Gasteiger partial charge is 0.494 e. The van der Waals surface area contributed by atoms with Crippen LogP contribution in [0.5, 0.6) is 5.75 Å². The molecule has 41 heavy (non-hydrogen) atoms. The molecule has 0 aliphatic carbocycles. The molecular weight excluding hydrogens is 524 g/mol. The predicted octanol–water partition coefficient (Wildman–Crippen LogP) is 6.51. The van der Waals surface area contributed by atoms with Crippen molar-refractivity contribution in [2.75, 3.05) is 39.6 Å². The number of carbonyl (C=O) groups excluding carboxylic acids is 1. The summed E-state index contributed by atoms with van der Waals surface area (Å²) in [5, 5.41) is 12.2. The van der Waals surface area contributed by atoms with Gasteiger partial charge in [0.05, 0.1) is 13.2 Å². The minimum Gasteiger partial charge on any atom is -0.494 e. The first kappa shape index (κ1) is 35.6. The van der Waals surface area contributed by atoms with Gasteiger partial charge in [-0.15, -0.1) is 0 Å². The van der Waals surface area contributed by atoms with Gasteiger partial charge in [0, 0.05) is 32.0 Å². The van der Waals surface area contributed by atoms with E-state index in [0.29, 0.717) is 44.3 Å². The minimum absolute atomic E-state index is 0.173. The number of hydrogen-bond acceptors (Lipinski definition) is 8. The molecule has 1 aliphatic heterocycles. The van der Waals surface area contributed by atoms with Crippen LogP contribution in [0, 0.1) is 0 Å². The van der Waals surface area contributed by atoms with Crippen LogP contribution in [0.15, 0.2) is 24.3 Å². The summed E-state index contributed by atoms with van der Waals surface area (Å²) >= 11 is 0. The second kappa shape index (κ2) is 20.4. The van der Waals surface area contributed by atoms with Crippen LogP contribution in [0.25, 0.3) is 0 Å². The molecule has 0 saturated carbocycles.